The van der Waals surface area contributed by atoms with Crippen LogP contribution in [0.2, 0.25) is 0 Å². The second-order valence-electron chi connectivity index (χ2n) is 2.71. The maximum atomic E-state index is 11.2. The average molecular weight is 230 g/mol. The van der Waals surface area contributed by atoms with Gasteiger partial charge in [-0.05, 0) is 13.3 Å². The standard InChI is InChI=1S/C8H14N4O2S/c1-2-14-5-3-4-9-8(13)11-7-6-10-12-15-7/h6H,2-5H2,1H3,(H2,9,11,13). The highest BCUT2D eigenvalue weighted by Crippen LogP contribution is 2.07. The lowest BCUT2D eigenvalue weighted by Crippen LogP contribution is -2.29. The average Bonchev–Trinajstić information content (AvgIpc) is 2.70. The Hall–Kier alpha value is -1.21. The molecule has 0 saturated carbocycles. The Balaban J connectivity index is 2.04. The summed E-state index contributed by atoms with van der Waals surface area (Å²) < 4.78 is 8.76. The Kier molecular flexibility index (Phi) is 5.64. The van der Waals surface area contributed by atoms with E-state index in [0.29, 0.717) is 24.8 Å². The zero-order chi connectivity index (χ0) is 10.9. The quantitative estimate of drug-likeness (QED) is 0.717. The normalized spacial score (nSPS) is 9.93. The molecule has 2 N–H and O–H groups in total. The van der Waals surface area contributed by atoms with Crippen molar-refractivity contribution in [3.63, 3.8) is 0 Å². The van der Waals surface area contributed by atoms with Gasteiger partial charge < -0.3 is 10.1 Å². The summed E-state index contributed by atoms with van der Waals surface area (Å²) in [4.78, 5) is 11.2. The largest absolute Gasteiger partial charge is 0.382 e. The monoisotopic (exact) mass is 230 g/mol. The molecule has 1 aromatic rings. The van der Waals surface area contributed by atoms with E-state index in [1.165, 1.54) is 6.20 Å². The van der Waals surface area contributed by atoms with E-state index in [1.54, 1.807) is 0 Å². The molecule has 1 heterocycles. The Labute approximate surface area is 92.2 Å². The van der Waals surface area contributed by atoms with Gasteiger partial charge in [0.1, 0.15) is 5.00 Å². The van der Waals surface area contributed by atoms with Crippen LogP contribution >= 0.6 is 11.5 Å². The van der Waals surface area contributed by atoms with Crippen molar-refractivity contribution in [3.8, 4) is 0 Å². The van der Waals surface area contributed by atoms with Gasteiger partial charge in [-0.25, -0.2) is 4.79 Å². The van der Waals surface area contributed by atoms with E-state index in [4.69, 9.17) is 4.74 Å². The molecule has 0 spiro atoms. The molecule has 1 aromatic heterocycles. The molecular formula is C8H14N4O2S. The summed E-state index contributed by atoms with van der Waals surface area (Å²) in [5, 5.41) is 9.55. The Morgan fingerprint density at radius 2 is 2.53 bits per heavy atom. The van der Waals surface area contributed by atoms with Gasteiger partial charge in [-0.15, -0.1) is 5.10 Å². The van der Waals surface area contributed by atoms with Gasteiger partial charge in [0.15, 0.2) is 0 Å². The van der Waals surface area contributed by atoms with E-state index in [2.05, 4.69) is 20.2 Å². The van der Waals surface area contributed by atoms with Crippen molar-refractivity contribution in [2.45, 2.75) is 13.3 Å². The van der Waals surface area contributed by atoms with Crippen LogP contribution in [-0.4, -0.2) is 35.4 Å². The lowest BCUT2D eigenvalue weighted by molar-refractivity contribution is 0.145. The first-order valence-corrected chi connectivity index (χ1v) is 5.50. The minimum atomic E-state index is -0.238. The number of carbonyl (C=O) groups is 1. The number of nitrogens with one attached hydrogen (secondary N) is 2. The van der Waals surface area contributed by atoms with Gasteiger partial charge in [-0.1, -0.05) is 4.49 Å². The smallest absolute Gasteiger partial charge is 0.319 e. The van der Waals surface area contributed by atoms with Gasteiger partial charge in [0.2, 0.25) is 0 Å². The molecule has 6 nitrogen and oxygen atoms in total. The molecule has 0 bridgehead atoms. The van der Waals surface area contributed by atoms with Crippen LogP contribution in [0.4, 0.5) is 9.80 Å². The van der Waals surface area contributed by atoms with E-state index in [1.807, 2.05) is 6.92 Å². The zero-order valence-corrected chi connectivity index (χ0v) is 9.34. The Morgan fingerprint density at radius 3 is 3.20 bits per heavy atom. The number of nitrogens with zero attached hydrogens (tertiary/aromatic N) is 2. The van der Waals surface area contributed by atoms with Crippen LogP contribution in [0, 0.1) is 0 Å². The minimum Gasteiger partial charge on any atom is -0.382 e. The lowest BCUT2D eigenvalue weighted by atomic mass is 10.4. The molecule has 0 aliphatic carbocycles. The Bertz CT molecular complexity index is 278. The van der Waals surface area contributed by atoms with Gasteiger partial charge in [-0.2, -0.15) is 0 Å². The molecule has 0 aliphatic heterocycles. The fourth-order valence-corrected chi connectivity index (χ4v) is 1.31. The molecule has 0 unspecified atom stereocenters. The molecule has 0 aromatic carbocycles. The number of rotatable bonds is 6. The molecule has 84 valence electrons. The molecule has 0 atom stereocenters. The van der Waals surface area contributed by atoms with Gasteiger partial charge in [0, 0.05) is 31.3 Å². The molecule has 0 saturated heterocycles. The third kappa shape index (κ3) is 5.28. The first-order chi connectivity index (χ1) is 7.33. The van der Waals surface area contributed by atoms with Gasteiger partial charge >= 0.3 is 6.03 Å². The highest BCUT2D eigenvalue weighted by molar-refractivity contribution is 7.10. The third-order valence-electron chi connectivity index (χ3n) is 1.55. The summed E-state index contributed by atoms with van der Waals surface area (Å²) in [7, 11) is 0. The number of hydrogen-bond donors (Lipinski definition) is 2. The fourth-order valence-electron chi connectivity index (χ4n) is 0.899. The minimum absolute atomic E-state index is 0.238. The van der Waals surface area contributed by atoms with Crippen molar-refractivity contribution in [1.29, 1.82) is 0 Å². The highest BCUT2D eigenvalue weighted by Gasteiger charge is 2.01. The number of ether oxygens (including phenoxy) is 1. The molecule has 0 fully saturated rings. The van der Waals surface area contributed by atoms with Crippen LogP contribution in [0.25, 0.3) is 0 Å². The molecule has 15 heavy (non-hydrogen) atoms. The van der Waals surface area contributed by atoms with E-state index >= 15 is 0 Å². The van der Waals surface area contributed by atoms with Crippen molar-refractivity contribution >= 4 is 22.6 Å². The van der Waals surface area contributed by atoms with Crippen LogP contribution in [0.15, 0.2) is 6.20 Å². The van der Waals surface area contributed by atoms with Crippen LogP contribution in [0.5, 0.6) is 0 Å². The predicted molar refractivity (Wildman–Crippen MR) is 58.0 cm³/mol. The molecule has 1 rings (SSSR count). The summed E-state index contributed by atoms with van der Waals surface area (Å²) in [5.74, 6) is 0. The number of hydrogen-bond acceptors (Lipinski definition) is 5. The highest BCUT2D eigenvalue weighted by atomic mass is 32.1. The number of carbonyl (C=O) groups excluding carboxylic acids is 1. The van der Waals surface area contributed by atoms with Gasteiger partial charge in [-0.3, -0.25) is 5.32 Å². The topological polar surface area (TPSA) is 76.1 Å². The summed E-state index contributed by atoms with van der Waals surface area (Å²) in [6, 6.07) is -0.238. The summed E-state index contributed by atoms with van der Waals surface area (Å²) in [5.41, 5.74) is 0. The van der Waals surface area contributed by atoms with Crippen molar-refractivity contribution in [3.05, 3.63) is 6.20 Å². The predicted octanol–water partition coefficient (Wildman–Crippen LogP) is 1.09. The van der Waals surface area contributed by atoms with Crippen molar-refractivity contribution in [1.82, 2.24) is 14.9 Å². The van der Waals surface area contributed by atoms with E-state index in [-0.39, 0.29) is 6.03 Å². The third-order valence-corrected chi connectivity index (χ3v) is 2.13. The zero-order valence-electron chi connectivity index (χ0n) is 8.52. The van der Waals surface area contributed by atoms with Crippen LogP contribution in [0.3, 0.4) is 0 Å². The lowest BCUT2D eigenvalue weighted by Gasteiger charge is -2.04. The van der Waals surface area contributed by atoms with Crippen molar-refractivity contribution < 1.29 is 9.53 Å². The number of anilines is 1. The maximum absolute atomic E-state index is 11.2. The van der Waals surface area contributed by atoms with Crippen molar-refractivity contribution in [2.24, 2.45) is 0 Å². The maximum Gasteiger partial charge on any atom is 0.319 e. The molecule has 7 heteroatoms. The molecular weight excluding hydrogens is 216 g/mol. The Morgan fingerprint density at radius 1 is 1.67 bits per heavy atom. The number of urea groups is 1. The SMILES string of the molecule is CCOCCCNC(=O)Nc1cnns1. The van der Waals surface area contributed by atoms with Crippen LogP contribution in [0.1, 0.15) is 13.3 Å². The summed E-state index contributed by atoms with van der Waals surface area (Å²) in [6.45, 7) is 3.91. The van der Waals surface area contributed by atoms with E-state index < -0.39 is 0 Å². The van der Waals surface area contributed by atoms with Crippen LogP contribution in [-0.2, 0) is 4.74 Å². The van der Waals surface area contributed by atoms with E-state index in [9.17, 15) is 4.79 Å². The first kappa shape index (κ1) is 11.9. The molecule has 0 aliphatic rings. The second kappa shape index (κ2) is 7.13. The van der Waals surface area contributed by atoms with Gasteiger partial charge in [0.25, 0.3) is 0 Å². The summed E-state index contributed by atoms with van der Waals surface area (Å²) >= 11 is 1.14. The number of aromatic nitrogens is 2. The fraction of sp³-hybridized carbons (Fsp3) is 0.625. The molecule has 0 radical (unpaired) electrons. The first-order valence-electron chi connectivity index (χ1n) is 4.73. The van der Waals surface area contributed by atoms with Crippen LogP contribution < -0.4 is 10.6 Å². The molecule has 2 amide bonds. The second-order valence-corrected chi connectivity index (χ2v) is 3.50. The summed E-state index contributed by atoms with van der Waals surface area (Å²) in [6.07, 6.45) is 2.31. The number of amides is 2. The van der Waals surface area contributed by atoms with E-state index in [0.717, 1.165) is 18.0 Å². The van der Waals surface area contributed by atoms with Crippen molar-refractivity contribution in [2.75, 3.05) is 25.1 Å². The van der Waals surface area contributed by atoms with Gasteiger partial charge in [0.05, 0.1) is 6.20 Å².